The van der Waals surface area contributed by atoms with Crippen molar-refractivity contribution in [2.24, 2.45) is 0 Å². The Morgan fingerprint density at radius 2 is 1.82 bits per heavy atom. The maximum Gasteiger partial charge on any atom is 0.434 e. The summed E-state index contributed by atoms with van der Waals surface area (Å²) in [6.45, 7) is 3.79. The standard InChI is InChI=1S/C25H27F3N4O/c1-18-10-12-20(13-11-18)32-23(25(26,27)28)22(16-30-32)24(33)29-15-21-9-5-6-14-31(21)17-19-7-3-2-4-8-19/h2-4,7-8,10-13,16,21H,5-6,9,14-15,17H2,1H3,(H,29,33). The summed E-state index contributed by atoms with van der Waals surface area (Å²) in [6, 6.07) is 16.7. The van der Waals surface area contributed by atoms with Gasteiger partial charge < -0.3 is 5.32 Å². The van der Waals surface area contributed by atoms with Crippen molar-refractivity contribution in [2.75, 3.05) is 13.1 Å². The highest BCUT2D eigenvalue weighted by atomic mass is 19.4. The van der Waals surface area contributed by atoms with E-state index in [-0.39, 0.29) is 11.7 Å². The minimum atomic E-state index is -4.72. The minimum absolute atomic E-state index is 0.0735. The maximum atomic E-state index is 13.9. The van der Waals surface area contributed by atoms with Crippen molar-refractivity contribution < 1.29 is 18.0 Å². The van der Waals surface area contributed by atoms with Gasteiger partial charge in [0.05, 0.1) is 17.4 Å². The molecule has 0 aliphatic carbocycles. The van der Waals surface area contributed by atoms with Gasteiger partial charge in [0.1, 0.15) is 0 Å². The number of nitrogens with one attached hydrogen (secondary N) is 1. The third kappa shape index (κ3) is 5.45. The number of amides is 1. The number of rotatable bonds is 6. The summed E-state index contributed by atoms with van der Waals surface area (Å²) >= 11 is 0. The van der Waals surface area contributed by atoms with Crippen LogP contribution in [0.15, 0.2) is 60.8 Å². The number of hydrogen-bond donors (Lipinski definition) is 1. The summed E-state index contributed by atoms with van der Waals surface area (Å²) in [5.74, 6) is -0.758. The van der Waals surface area contributed by atoms with Crippen LogP contribution < -0.4 is 5.32 Å². The molecule has 0 spiro atoms. The van der Waals surface area contributed by atoms with Gasteiger partial charge in [0.15, 0.2) is 5.69 Å². The van der Waals surface area contributed by atoms with Gasteiger partial charge in [0.25, 0.3) is 5.91 Å². The van der Waals surface area contributed by atoms with Crippen molar-refractivity contribution in [1.82, 2.24) is 20.0 Å². The molecule has 1 unspecified atom stereocenters. The van der Waals surface area contributed by atoms with E-state index in [1.165, 1.54) is 5.56 Å². The van der Waals surface area contributed by atoms with Crippen molar-refractivity contribution >= 4 is 5.91 Å². The Hall–Kier alpha value is -3.13. The minimum Gasteiger partial charge on any atom is -0.350 e. The van der Waals surface area contributed by atoms with Crippen LogP contribution in [0, 0.1) is 6.92 Å². The van der Waals surface area contributed by atoms with Gasteiger partial charge in [0, 0.05) is 19.1 Å². The van der Waals surface area contributed by atoms with E-state index in [0.717, 1.165) is 48.8 Å². The third-order valence-electron chi connectivity index (χ3n) is 6.04. The van der Waals surface area contributed by atoms with E-state index in [0.29, 0.717) is 6.54 Å². The molecule has 174 valence electrons. The van der Waals surface area contributed by atoms with Crippen LogP contribution in [0.25, 0.3) is 5.69 Å². The Balaban J connectivity index is 1.50. The lowest BCUT2D eigenvalue weighted by atomic mass is 10.0. The molecule has 0 bridgehead atoms. The summed E-state index contributed by atoms with van der Waals surface area (Å²) in [4.78, 5) is 15.1. The lowest BCUT2D eigenvalue weighted by Gasteiger charge is -2.35. The first kappa shape index (κ1) is 23.0. The fourth-order valence-electron chi connectivity index (χ4n) is 4.29. The van der Waals surface area contributed by atoms with E-state index in [2.05, 4.69) is 27.4 Å². The molecule has 3 aromatic rings. The molecular formula is C25H27F3N4O. The van der Waals surface area contributed by atoms with Gasteiger partial charge in [0.2, 0.25) is 0 Å². The SMILES string of the molecule is Cc1ccc(-n2ncc(C(=O)NCC3CCCCN3Cc3ccccc3)c2C(F)(F)F)cc1. The fraction of sp³-hybridized carbons (Fsp3) is 0.360. The normalized spacial score (nSPS) is 17.2. The van der Waals surface area contributed by atoms with Gasteiger partial charge >= 0.3 is 6.18 Å². The van der Waals surface area contributed by atoms with Crippen molar-refractivity contribution in [3.63, 3.8) is 0 Å². The Labute approximate surface area is 191 Å². The number of likely N-dealkylation sites (tertiary alicyclic amines) is 1. The van der Waals surface area contributed by atoms with E-state index >= 15 is 0 Å². The number of benzene rings is 2. The summed E-state index contributed by atoms with van der Waals surface area (Å²) in [7, 11) is 0. The Kier molecular flexibility index (Phi) is 6.83. The van der Waals surface area contributed by atoms with Crippen molar-refractivity contribution in [2.45, 2.75) is 44.9 Å². The van der Waals surface area contributed by atoms with Gasteiger partial charge in [-0.1, -0.05) is 54.4 Å². The molecule has 0 radical (unpaired) electrons. The van der Waals surface area contributed by atoms with E-state index in [1.54, 1.807) is 24.3 Å². The Morgan fingerprint density at radius 1 is 1.09 bits per heavy atom. The molecule has 1 aliphatic rings. The number of nitrogens with zero attached hydrogens (tertiary/aromatic N) is 3. The molecule has 5 nitrogen and oxygen atoms in total. The number of piperidine rings is 1. The smallest absolute Gasteiger partial charge is 0.350 e. The van der Waals surface area contributed by atoms with E-state index in [9.17, 15) is 18.0 Å². The van der Waals surface area contributed by atoms with E-state index < -0.39 is 23.3 Å². The summed E-state index contributed by atoms with van der Waals surface area (Å²) < 4.78 is 42.5. The van der Waals surface area contributed by atoms with Crippen LogP contribution in [0.3, 0.4) is 0 Å². The van der Waals surface area contributed by atoms with Crippen molar-refractivity contribution in [1.29, 1.82) is 0 Å². The molecular weight excluding hydrogens is 429 g/mol. The lowest BCUT2D eigenvalue weighted by molar-refractivity contribution is -0.143. The summed E-state index contributed by atoms with van der Waals surface area (Å²) in [5.41, 5.74) is 0.829. The highest BCUT2D eigenvalue weighted by Gasteiger charge is 2.40. The van der Waals surface area contributed by atoms with Crippen LogP contribution in [-0.4, -0.2) is 39.7 Å². The number of aryl methyl sites for hydroxylation is 1. The first-order chi connectivity index (χ1) is 15.8. The van der Waals surface area contributed by atoms with Crippen LogP contribution in [0.2, 0.25) is 0 Å². The predicted octanol–water partition coefficient (Wildman–Crippen LogP) is 4.98. The van der Waals surface area contributed by atoms with Crippen LogP contribution in [-0.2, 0) is 12.7 Å². The molecule has 2 aromatic carbocycles. The van der Waals surface area contributed by atoms with Crippen LogP contribution >= 0.6 is 0 Å². The van der Waals surface area contributed by atoms with Crippen LogP contribution in [0.5, 0.6) is 0 Å². The third-order valence-corrected chi connectivity index (χ3v) is 6.04. The molecule has 2 heterocycles. The van der Waals surface area contributed by atoms with Crippen LogP contribution in [0.1, 0.15) is 46.4 Å². The molecule has 1 N–H and O–H groups in total. The molecule has 1 saturated heterocycles. The predicted molar refractivity (Wildman–Crippen MR) is 120 cm³/mol. The quantitative estimate of drug-likeness (QED) is 0.569. The number of carbonyl (C=O) groups is 1. The first-order valence-corrected chi connectivity index (χ1v) is 11.1. The average molecular weight is 457 g/mol. The van der Waals surface area contributed by atoms with E-state index in [4.69, 9.17) is 0 Å². The van der Waals surface area contributed by atoms with Crippen molar-refractivity contribution in [3.8, 4) is 5.69 Å². The number of halogens is 3. The highest BCUT2D eigenvalue weighted by Crippen LogP contribution is 2.33. The molecule has 4 rings (SSSR count). The average Bonchev–Trinajstić information content (AvgIpc) is 3.26. The van der Waals surface area contributed by atoms with Gasteiger partial charge in [-0.2, -0.15) is 18.3 Å². The molecule has 1 atom stereocenters. The highest BCUT2D eigenvalue weighted by molar-refractivity contribution is 5.95. The van der Waals surface area contributed by atoms with Gasteiger partial charge in [-0.3, -0.25) is 9.69 Å². The Bertz CT molecular complexity index is 1080. The Morgan fingerprint density at radius 3 is 2.52 bits per heavy atom. The zero-order chi connectivity index (χ0) is 23.4. The van der Waals surface area contributed by atoms with Gasteiger partial charge in [-0.25, -0.2) is 4.68 Å². The maximum absolute atomic E-state index is 13.9. The number of aromatic nitrogens is 2. The molecule has 1 fully saturated rings. The molecule has 1 aliphatic heterocycles. The zero-order valence-corrected chi connectivity index (χ0v) is 18.5. The number of alkyl halides is 3. The molecule has 0 saturated carbocycles. The van der Waals surface area contributed by atoms with Gasteiger partial charge in [-0.15, -0.1) is 0 Å². The van der Waals surface area contributed by atoms with Gasteiger partial charge in [-0.05, 0) is 44.0 Å². The summed E-state index contributed by atoms with van der Waals surface area (Å²) in [6.07, 6.45) is -0.732. The molecule has 33 heavy (non-hydrogen) atoms. The first-order valence-electron chi connectivity index (χ1n) is 11.1. The topological polar surface area (TPSA) is 50.2 Å². The van der Waals surface area contributed by atoms with Crippen LogP contribution in [0.4, 0.5) is 13.2 Å². The molecule has 1 amide bonds. The lowest BCUT2D eigenvalue weighted by Crippen LogP contribution is -2.46. The van der Waals surface area contributed by atoms with E-state index in [1.807, 2.05) is 25.1 Å². The molecule has 8 heteroatoms. The fourth-order valence-corrected chi connectivity index (χ4v) is 4.29. The second kappa shape index (κ2) is 9.79. The van der Waals surface area contributed by atoms with Crippen molar-refractivity contribution in [3.05, 3.63) is 83.2 Å². The zero-order valence-electron chi connectivity index (χ0n) is 18.5. The number of carbonyl (C=O) groups excluding carboxylic acids is 1. The second-order valence-electron chi connectivity index (χ2n) is 8.47. The second-order valence-corrected chi connectivity index (χ2v) is 8.47. The monoisotopic (exact) mass is 456 g/mol. The molecule has 1 aromatic heterocycles. The largest absolute Gasteiger partial charge is 0.434 e. The summed E-state index contributed by atoms with van der Waals surface area (Å²) in [5, 5.41) is 6.63. The number of hydrogen-bond acceptors (Lipinski definition) is 3.